The molecule has 0 aromatic rings. The fourth-order valence-electron chi connectivity index (χ4n) is 4.07. The normalized spacial score (nSPS) is 31.4. The summed E-state index contributed by atoms with van der Waals surface area (Å²) in [4.78, 5) is 15.1. The molecule has 2 saturated carbocycles. The number of hydrogen-bond acceptors (Lipinski definition) is 2. The number of carbonyl (C=O) groups excluding carboxylic acids is 1. The monoisotopic (exact) mass is 294 g/mol. The first kappa shape index (κ1) is 16.8. The zero-order chi connectivity index (χ0) is 15.6. The Morgan fingerprint density at radius 3 is 2.00 bits per heavy atom. The predicted octanol–water partition coefficient (Wildman–Crippen LogP) is 3.28. The third-order valence-electron chi connectivity index (χ3n) is 5.53. The zero-order valence-electron chi connectivity index (χ0n) is 14.3. The van der Waals surface area contributed by atoms with Gasteiger partial charge in [-0.15, -0.1) is 0 Å². The minimum Gasteiger partial charge on any atom is -0.342 e. The number of nitrogens with zero attached hydrogens (tertiary/aromatic N) is 1. The summed E-state index contributed by atoms with van der Waals surface area (Å²) >= 11 is 0. The second-order valence-electron chi connectivity index (χ2n) is 8.13. The molecule has 2 aliphatic carbocycles. The van der Waals surface area contributed by atoms with Gasteiger partial charge in [0.05, 0.1) is 5.92 Å². The third-order valence-corrected chi connectivity index (χ3v) is 5.53. The number of nitrogens with two attached hydrogens (primary N) is 1. The summed E-state index contributed by atoms with van der Waals surface area (Å²) in [5.41, 5.74) is 6.37. The van der Waals surface area contributed by atoms with Crippen molar-refractivity contribution in [2.75, 3.05) is 13.1 Å². The van der Waals surface area contributed by atoms with E-state index in [9.17, 15) is 4.79 Å². The molecule has 4 atom stereocenters. The first-order valence-electron chi connectivity index (χ1n) is 8.94. The van der Waals surface area contributed by atoms with Gasteiger partial charge in [-0.05, 0) is 55.8 Å². The van der Waals surface area contributed by atoms with Gasteiger partial charge in [0.25, 0.3) is 0 Å². The van der Waals surface area contributed by atoms with Crippen molar-refractivity contribution in [3.05, 3.63) is 0 Å². The van der Waals surface area contributed by atoms with Gasteiger partial charge < -0.3 is 10.6 Å². The van der Waals surface area contributed by atoms with Gasteiger partial charge >= 0.3 is 0 Å². The van der Waals surface area contributed by atoms with Gasteiger partial charge in [-0.2, -0.15) is 0 Å². The first-order chi connectivity index (χ1) is 9.90. The summed E-state index contributed by atoms with van der Waals surface area (Å²) in [5.74, 6) is 2.94. The lowest BCUT2D eigenvalue weighted by atomic mass is 9.84. The van der Waals surface area contributed by atoms with Crippen molar-refractivity contribution < 1.29 is 4.79 Å². The van der Waals surface area contributed by atoms with Crippen LogP contribution in [-0.2, 0) is 4.79 Å². The van der Waals surface area contributed by atoms with E-state index in [1.807, 2.05) is 0 Å². The molecule has 0 spiro atoms. The molecule has 0 aromatic carbocycles. The Balaban J connectivity index is 1.99. The molecular weight excluding hydrogens is 260 g/mol. The highest BCUT2D eigenvalue weighted by Crippen LogP contribution is 2.48. The molecule has 0 aromatic heterocycles. The van der Waals surface area contributed by atoms with E-state index in [0.717, 1.165) is 25.9 Å². The van der Waals surface area contributed by atoms with Crippen LogP contribution in [0.2, 0.25) is 0 Å². The molecule has 3 heteroatoms. The molecule has 21 heavy (non-hydrogen) atoms. The van der Waals surface area contributed by atoms with Gasteiger partial charge in [0.15, 0.2) is 0 Å². The average Bonchev–Trinajstić information content (AvgIpc) is 2.98. The predicted molar refractivity (Wildman–Crippen MR) is 87.8 cm³/mol. The molecule has 2 bridgehead atoms. The Hall–Kier alpha value is -0.570. The third kappa shape index (κ3) is 4.00. The Morgan fingerprint density at radius 2 is 1.57 bits per heavy atom. The van der Waals surface area contributed by atoms with Gasteiger partial charge in [-0.1, -0.05) is 27.7 Å². The molecular formula is C18H34N2O. The Labute approximate surface area is 130 Å². The van der Waals surface area contributed by atoms with E-state index < -0.39 is 0 Å². The maximum atomic E-state index is 13.0. The highest BCUT2D eigenvalue weighted by molar-refractivity contribution is 5.80. The van der Waals surface area contributed by atoms with E-state index in [1.165, 1.54) is 19.3 Å². The van der Waals surface area contributed by atoms with Crippen LogP contribution in [0.4, 0.5) is 0 Å². The lowest BCUT2D eigenvalue weighted by Gasteiger charge is -2.33. The number of fused-ring (bicyclic) bond motifs is 2. The van der Waals surface area contributed by atoms with Crippen LogP contribution in [0.1, 0.15) is 59.8 Å². The van der Waals surface area contributed by atoms with E-state index in [2.05, 4.69) is 32.6 Å². The lowest BCUT2D eigenvalue weighted by molar-refractivity contribution is -0.138. The lowest BCUT2D eigenvalue weighted by Crippen LogP contribution is -2.48. The number of amides is 1. The Kier molecular flexibility index (Phi) is 5.70. The van der Waals surface area contributed by atoms with E-state index in [0.29, 0.717) is 29.6 Å². The van der Waals surface area contributed by atoms with Crippen molar-refractivity contribution in [2.24, 2.45) is 35.3 Å². The quantitative estimate of drug-likeness (QED) is 0.783. The number of carbonyl (C=O) groups is 1. The van der Waals surface area contributed by atoms with Crippen LogP contribution in [0.3, 0.4) is 0 Å². The van der Waals surface area contributed by atoms with Crippen molar-refractivity contribution >= 4 is 5.91 Å². The summed E-state index contributed by atoms with van der Waals surface area (Å²) < 4.78 is 0. The standard InChI is InChI=1S/C18H34N2O/c1-12(2)7-9-20(10-8-13(3)4)18(21)16-14-5-6-15(11-14)17(16)19/h12-17H,5-11,19H2,1-4H3. The average molecular weight is 294 g/mol. The summed E-state index contributed by atoms with van der Waals surface area (Å²) in [6.07, 6.45) is 5.85. The molecule has 0 aliphatic heterocycles. The Bertz CT molecular complexity index is 339. The summed E-state index contributed by atoms with van der Waals surface area (Å²) in [7, 11) is 0. The van der Waals surface area contributed by atoms with Gasteiger partial charge in [0, 0.05) is 19.1 Å². The van der Waals surface area contributed by atoms with Crippen LogP contribution in [0.15, 0.2) is 0 Å². The molecule has 4 unspecified atom stereocenters. The van der Waals surface area contributed by atoms with E-state index in [4.69, 9.17) is 5.73 Å². The van der Waals surface area contributed by atoms with Crippen LogP contribution in [0, 0.1) is 29.6 Å². The van der Waals surface area contributed by atoms with Gasteiger partial charge in [0.1, 0.15) is 0 Å². The zero-order valence-corrected chi connectivity index (χ0v) is 14.3. The van der Waals surface area contributed by atoms with Crippen molar-refractivity contribution in [1.82, 2.24) is 4.90 Å². The highest BCUT2D eigenvalue weighted by atomic mass is 16.2. The number of rotatable bonds is 7. The minimum absolute atomic E-state index is 0.114. The first-order valence-corrected chi connectivity index (χ1v) is 8.94. The molecule has 2 fully saturated rings. The molecule has 0 radical (unpaired) electrons. The van der Waals surface area contributed by atoms with Crippen LogP contribution in [-0.4, -0.2) is 29.9 Å². The van der Waals surface area contributed by atoms with Crippen molar-refractivity contribution in [2.45, 2.75) is 65.8 Å². The van der Waals surface area contributed by atoms with Crippen molar-refractivity contribution in [1.29, 1.82) is 0 Å². The van der Waals surface area contributed by atoms with Gasteiger partial charge in [-0.25, -0.2) is 0 Å². The highest BCUT2D eigenvalue weighted by Gasteiger charge is 2.49. The maximum Gasteiger partial charge on any atom is 0.227 e. The molecule has 2 N–H and O–H groups in total. The molecule has 122 valence electrons. The molecule has 2 aliphatic rings. The van der Waals surface area contributed by atoms with E-state index in [1.54, 1.807) is 0 Å². The van der Waals surface area contributed by atoms with Gasteiger partial charge in [-0.3, -0.25) is 4.79 Å². The van der Waals surface area contributed by atoms with Crippen molar-refractivity contribution in [3.8, 4) is 0 Å². The SMILES string of the molecule is CC(C)CCN(CCC(C)C)C(=O)C1C2CCC(C2)C1N. The van der Waals surface area contributed by atoms with Crippen LogP contribution >= 0.6 is 0 Å². The molecule has 1 amide bonds. The fourth-order valence-corrected chi connectivity index (χ4v) is 4.07. The van der Waals surface area contributed by atoms with Gasteiger partial charge in [0.2, 0.25) is 5.91 Å². The summed E-state index contributed by atoms with van der Waals surface area (Å²) in [6, 6.07) is 0.122. The topological polar surface area (TPSA) is 46.3 Å². The number of hydrogen-bond donors (Lipinski definition) is 1. The van der Waals surface area contributed by atoms with E-state index >= 15 is 0 Å². The molecule has 0 saturated heterocycles. The second kappa shape index (κ2) is 7.13. The largest absolute Gasteiger partial charge is 0.342 e. The van der Waals surface area contributed by atoms with Crippen molar-refractivity contribution in [3.63, 3.8) is 0 Å². The minimum atomic E-state index is 0.114. The summed E-state index contributed by atoms with van der Waals surface area (Å²) in [5, 5.41) is 0. The fraction of sp³-hybridized carbons (Fsp3) is 0.944. The van der Waals surface area contributed by atoms with Crippen LogP contribution < -0.4 is 5.73 Å². The summed E-state index contributed by atoms with van der Waals surface area (Å²) in [6.45, 7) is 10.7. The Morgan fingerprint density at radius 1 is 1.05 bits per heavy atom. The maximum absolute atomic E-state index is 13.0. The second-order valence-corrected chi connectivity index (χ2v) is 8.13. The molecule has 2 rings (SSSR count). The van der Waals surface area contributed by atoms with Crippen LogP contribution in [0.25, 0.3) is 0 Å². The molecule has 3 nitrogen and oxygen atoms in total. The van der Waals surface area contributed by atoms with Crippen LogP contribution in [0.5, 0.6) is 0 Å². The smallest absolute Gasteiger partial charge is 0.227 e. The molecule has 0 heterocycles. The van der Waals surface area contributed by atoms with E-state index in [-0.39, 0.29) is 12.0 Å².